The molecule has 0 aliphatic carbocycles. The van der Waals surface area contributed by atoms with Gasteiger partial charge in [0.2, 0.25) is 5.91 Å². The van der Waals surface area contributed by atoms with Crippen molar-refractivity contribution in [1.82, 2.24) is 10.6 Å². The number of rotatable bonds is 8. The lowest BCUT2D eigenvalue weighted by Gasteiger charge is -2.20. The van der Waals surface area contributed by atoms with Crippen molar-refractivity contribution in [1.29, 1.82) is 0 Å². The second-order valence-electron chi connectivity index (χ2n) is 5.54. The molecule has 2 amide bonds. The second kappa shape index (κ2) is 10.1. The van der Waals surface area contributed by atoms with Crippen LogP contribution in [0.1, 0.15) is 19.4 Å². The molecule has 1 rings (SSSR count). The minimum atomic E-state index is -0.818. The molecule has 0 aliphatic heterocycles. The molecule has 0 heterocycles. The Balaban J connectivity index is 2.53. The van der Waals surface area contributed by atoms with Gasteiger partial charge in [0.25, 0.3) is 5.91 Å². The predicted molar refractivity (Wildman–Crippen MR) is 89.7 cm³/mol. The molecule has 1 aromatic rings. The molecule has 6 heteroatoms. The van der Waals surface area contributed by atoms with Crippen LogP contribution in [0.4, 0.5) is 0 Å². The second-order valence-corrected chi connectivity index (χ2v) is 5.54. The summed E-state index contributed by atoms with van der Waals surface area (Å²) in [7, 11) is 0. The molecule has 1 aromatic carbocycles. The summed E-state index contributed by atoms with van der Waals surface area (Å²) in [5.74, 6) is 0.651. The lowest BCUT2D eigenvalue weighted by molar-refractivity contribution is -0.152. The Kier molecular flexibility index (Phi) is 8.06. The lowest BCUT2D eigenvalue weighted by atomic mass is 10.0. The van der Waals surface area contributed by atoms with Gasteiger partial charge in [0.1, 0.15) is 6.04 Å². The standard InChI is InChI=1S/C18H22N2O4/c1-4-10-19-16(22)12-24-18(23)17(13(2)3)20-15(21)11-14-8-6-5-7-9-14/h1,5-9,13,17H,10-12H2,2-3H3,(H,19,22)(H,20,21)/t17-/m0/s1. The molecule has 0 saturated carbocycles. The normalized spacial score (nSPS) is 11.2. The molecular weight excluding hydrogens is 308 g/mol. The van der Waals surface area contributed by atoms with Gasteiger partial charge in [-0.05, 0) is 11.5 Å². The molecule has 0 aliphatic rings. The molecule has 0 radical (unpaired) electrons. The van der Waals surface area contributed by atoms with Crippen LogP contribution in [0.25, 0.3) is 0 Å². The number of ether oxygens (including phenoxy) is 1. The van der Waals surface area contributed by atoms with Crippen LogP contribution in [0.3, 0.4) is 0 Å². The van der Waals surface area contributed by atoms with E-state index in [0.29, 0.717) is 0 Å². The van der Waals surface area contributed by atoms with Crippen LogP contribution in [0, 0.1) is 18.3 Å². The topological polar surface area (TPSA) is 84.5 Å². The van der Waals surface area contributed by atoms with Crippen LogP contribution in [0.15, 0.2) is 30.3 Å². The average Bonchev–Trinajstić information content (AvgIpc) is 2.56. The smallest absolute Gasteiger partial charge is 0.329 e. The number of amides is 2. The van der Waals surface area contributed by atoms with Crippen molar-refractivity contribution in [2.75, 3.05) is 13.2 Å². The summed E-state index contributed by atoms with van der Waals surface area (Å²) < 4.78 is 4.94. The van der Waals surface area contributed by atoms with Crippen molar-refractivity contribution in [2.24, 2.45) is 5.92 Å². The van der Waals surface area contributed by atoms with Crippen LogP contribution in [0.5, 0.6) is 0 Å². The van der Waals surface area contributed by atoms with E-state index in [1.54, 1.807) is 13.8 Å². The Labute approximate surface area is 142 Å². The number of hydrogen-bond donors (Lipinski definition) is 2. The number of terminal acetylenes is 1. The molecular formula is C18H22N2O4. The maximum Gasteiger partial charge on any atom is 0.329 e. The predicted octanol–water partition coefficient (Wildman–Crippen LogP) is 0.663. The molecule has 0 spiro atoms. The van der Waals surface area contributed by atoms with Crippen LogP contribution in [0.2, 0.25) is 0 Å². The van der Waals surface area contributed by atoms with Crippen molar-refractivity contribution in [3.05, 3.63) is 35.9 Å². The Morgan fingerprint density at radius 3 is 2.42 bits per heavy atom. The van der Waals surface area contributed by atoms with Crippen LogP contribution in [-0.4, -0.2) is 37.0 Å². The zero-order valence-corrected chi connectivity index (χ0v) is 13.9. The van der Waals surface area contributed by atoms with E-state index in [9.17, 15) is 14.4 Å². The summed E-state index contributed by atoms with van der Waals surface area (Å²) in [6.45, 7) is 3.20. The first-order valence-corrected chi connectivity index (χ1v) is 7.64. The summed E-state index contributed by atoms with van der Waals surface area (Å²) >= 11 is 0. The van der Waals surface area contributed by atoms with Gasteiger partial charge in [0, 0.05) is 0 Å². The van der Waals surface area contributed by atoms with Gasteiger partial charge in [0.15, 0.2) is 6.61 Å². The summed E-state index contributed by atoms with van der Waals surface area (Å²) in [6.07, 6.45) is 5.19. The first-order valence-electron chi connectivity index (χ1n) is 7.64. The number of carbonyl (C=O) groups is 3. The van der Waals surface area contributed by atoms with E-state index in [2.05, 4.69) is 16.6 Å². The molecule has 0 unspecified atom stereocenters. The van der Waals surface area contributed by atoms with Crippen molar-refractivity contribution >= 4 is 17.8 Å². The highest BCUT2D eigenvalue weighted by molar-refractivity contribution is 5.87. The molecule has 0 aromatic heterocycles. The van der Waals surface area contributed by atoms with Gasteiger partial charge in [-0.25, -0.2) is 4.79 Å². The van der Waals surface area contributed by atoms with E-state index in [-0.39, 0.29) is 24.8 Å². The molecule has 2 N–H and O–H groups in total. The van der Waals surface area contributed by atoms with Crippen molar-refractivity contribution in [3.63, 3.8) is 0 Å². The molecule has 0 saturated heterocycles. The van der Waals surface area contributed by atoms with Gasteiger partial charge < -0.3 is 15.4 Å². The van der Waals surface area contributed by atoms with Gasteiger partial charge in [-0.2, -0.15) is 0 Å². The van der Waals surface area contributed by atoms with Gasteiger partial charge in [-0.1, -0.05) is 50.1 Å². The van der Waals surface area contributed by atoms with Crippen molar-refractivity contribution in [2.45, 2.75) is 26.3 Å². The van der Waals surface area contributed by atoms with Crippen molar-refractivity contribution < 1.29 is 19.1 Å². The molecule has 24 heavy (non-hydrogen) atoms. The minimum absolute atomic E-state index is 0.0673. The largest absolute Gasteiger partial charge is 0.454 e. The summed E-state index contributed by atoms with van der Waals surface area (Å²) in [5, 5.41) is 5.04. The third kappa shape index (κ3) is 6.97. The Morgan fingerprint density at radius 1 is 1.17 bits per heavy atom. The Hall–Kier alpha value is -2.81. The molecule has 128 valence electrons. The highest BCUT2D eigenvalue weighted by Gasteiger charge is 2.26. The molecule has 0 fully saturated rings. The Bertz CT molecular complexity index is 605. The minimum Gasteiger partial charge on any atom is -0.454 e. The Morgan fingerprint density at radius 2 is 1.83 bits per heavy atom. The highest BCUT2D eigenvalue weighted by atomic mass is 16.5. The zero-order chi connectivity index (χ0) is 17.9. The van der Waals surface area contributed by atoms with E-state index < -0.39 is 24.5 Å². The fourth-order valence-corrected chi connectivity index (χ4v) is 1.93. The molecule has 1 atom stereocenters. The fraction of sp³-hybridized carbons (Fsp3) is 0.389. The lowest BCUT2D eigenvalue weighted by Crippen LogP contribution is -2.46. The third-order valence-electron chi connectivity index (χ3n) is 3.18. The summed E-state index contributed by atoms with van der Waals surface area (Å²) in [5.41, 5.74) is 0.847. The first-order chi connectivity index (χ1) is 11.4. The number of benzene rings is 1. The van der Waals surface area contributed by atoms with E-state index in [1.165, 1.54) is 0 Å². The van der Waals surface area contributed by atoms with Crippen LogP contribution < -0.4 is 10.6 Å². The SMILES string of the molecule is C#CCNC(=O)COC(=O)[C@@H](NC(=O)Cc1ccccc1)C(C)C. The van der Waals surface area contributed by atoms with E-state index >= 15 is 0 Å². The molecule has 6 nitrogen and oxygen atoms in total. The summed E-state index contributed by atoms with van der Waals surface area (Å²) in [6, 6.07) is 8.38. The number of nitrogens with one attached hydrogen (secondary N) is 2. The van der Waals surface area contributed by atoms with Gasteiger partial charge >= 0.3 is 5.97 Å². The summed E-state index contributed by atoms with van der Waals surface area (Å²) in [4.78, 5) is 35.6. The van der Waals surface area contributed by atoms with Crippen molar-refractivity contribution in [3.8, 4) is 12.3 Å². The third-order valence-corrected chi connectivity index (χ3v) is 3.18. The quantitative estimate of drug-likeness (QED) is 0.542. The number of carbonyl (C=O) groups excluding carboxylic acids is 3. The van der Waals surface area contributed by atoms with E-state index in [1.807, 2.05) is 30.3 Å². The number of hydrogen-bond acceptors (Lipinski definition) is 4. The maximum absolute atomic E-state index is 12.1. The zero-order valence-electron chi connectivity index (χ0n) is 13.9. The first kappa shape index (κ1) is 19.2. The number of esters is 1. The highest BCUT2D eigenvalue weighted by Crippen LogP contribution is 2.06. The monoisotopic (exact) mass is 330 g/mol. The van der Waals surface area contributed by atoms with E-state index in [4.69, 9.17) is 11.2 Å². The maximum atomic E-state index is 12.1. The fourth-order valence-electron chi connectivity index (χ4n) is 1.93. The van der Waals surface area contributed by atoms with Gasteiger partial charge in [-0.3, -0.25) is 9.59 Å². The van der Waals surface area contributed by atoms with Gasteiger partial charge in [-0.15, -0.1) is 6.42 Å². The van der Waals surface area contributed by atoms with Gasteiger partial charge in [0.05, 0.1) is 13.0 Å². The average molecular weight is 330 g/mol. The van der Waals surface area contributed by atoms with Crippen LogP contribution in [-0.2, 0) is 25.5 Å². The molecule has 0 bridgehead atoms. The van der Waals surface area contributed by atoms with E-state index in [0.717, 1.165) is 5.56 Å². The van der Waals surface area contributed by atoms with Crippen LogP contribution >= 0.6 is 0 Å².